The zero-order valence-electron chi connectivity index (χ0n) is 18.2. The van der Waals surface area contributed by atoms with Gasteiger partial charge in [0.25, 0.3) is 0 Å². The molecule has 28 heavy (non-hydrogen) atoms. The minimum atomic E-state index is -0.869. The van der Waals surface area contributed by atoms with Crippen LogP contribution in [0.4, 0.5) is 0 Å². The molecule has 0 saturated heterocycles. The Morgan fingerprint density at radius 1 is 0.857 bits per heavy atom. The second-order valence-corrected chi connectivity index (χ2v) is 8.77. The van der Waals surface area contributed by atoms with Gasteiger partial charge in [0, 0.05) is 0 Å². The molecule has 0 spiro atoms. The third kappa shape index (κ3) is 7.29. The van der Waals surface area contributed by atoms with Crippen LogP contribution in [-0.4, -0.2) is 22.2 Å². The smallest absolute Gasteiger partial charge is 0.311 e. The van der Waals surface area contributed by atoms with Crippen molar-refractivity contribution in [1.82, 2.24) is 0 Å². The Labute approximate surface area is 170 Å². The van der Waals surface area contributed by atoms with E-state index in [1.807, 2.05) is 45.9 Å². The lowest BCUT2D eigenvalue weighted by Gasteiger charge is -2.26. The Kier molecular flexibility index (Phi) is 10.3. The van der Waals surface area contributed by atoms with Crippen LogP contribution < -0.4 is 0 Å². The molecular formula is C24H38O4. The van der Waals surface area contributed by atoms with E-state index in [0.717, 1.165) is 43.2 Å². The average Bonchev–Trinajstić information content (AvgIpc) is 2.60. The van der Waals surface area contributed by atoms with Crippen LogP contribution in [0.3, 0.4) is 0 Å². The summed E-state index contributed by atoms with van der Waals surface area (Å²) < 4.78 is 0. The number of benzene rings is 1. The van der Waals surface area contributed by atoms with E-state index in [2.05, 4.69) is 6.92 Å². The van der Waals surface area contributed by atoms with E-state index in [-0.39, 0.29) is 11.8 Å². The molecular weight excluding hydrogens is 352 g/mol. The highest BCUT2D eigenvalue weighted by Crippen LogP contribution is 2.37. The summed E-state index contributed by atoms with van der Waals surface area (Å²) in [6.45, 7) is 10.2. The first kappa shape index (κ1) is 24.2. The molecule has 0 fully saturated rings. The van der Waals surface area contributed by atoms with Crippen molar-refractivity contribution in [2.45, 2.75) is 91.4 Å². The van der Waals surface area contributed by atoms with Crippen molar-refractivity contribution in [3.63, 3.8) is 0 Å². The number of carboxylic acid groups (broad SMARTS) is 2. The fraction of sp³-hybridized carbons (Fsp3) is 0.667. The van der Waals surface area contributed by atoms with Crippen molar-refractivity contribution >= 4 is 11.9 Å². The maximum Gasteiger partial charge on any atom is 0.311 e. The molecule has 1 rings (SSSR count). The van der Waals surface area contributed by atoms with E-state index in [1.54, 1.807) is 0 Å². The zero-order valence-corrected chi connectivity index (χ0v) is 18.2. The van der Waals surface area contributed by atoms with Crippen LogP contribution >= 0.6 is 0 Å². The van der Waals surface area contributed by atoms with Crippen LogP contribution in [0.5, 0.6) is 0 Å². The summed E-state index contributed by atoms with van der Waals surface area (Å²) >= 11 is 0. The molecule has 2 N–H and O–H groups in total. The first-order valence-corrected chi connectivity index (χ1v) is 10.8. The van der Waals surface area contributed by atoms with Crippen LogP contribution in [0.25, 0.3) is 0 Å². The Morgan fingerprint density at radius 3 is 1.93 bits per heavy atom. The Hall–Kier alpha value is -1.84. The Bertz CT molecular complexity index is 633. The highest BCUT2D eigenvalue weighted by molar-refractivity contribution is 5.81. The monoisotopic (exact) mass is 390 g/mol. The van der Waals surface area contributed by atoms with Crippen LogP contribution in [-0.2, 0) is 16.0 Å². The van der Waals surface area contributed by atoms with Gasteiger partial charge < -0.3 is 10.2 Å². The van der Waals surface area contributed by atoms with Gasteiger partial charge in [-0.1, -0.05) is 72.1 Å². The van der Waals surface area contributed by atoms with Crippen molar-refractivity contribution in [1.29, 1.82) is 0 Å². The molecule has 2 atom stereocenters. The number of carboxylic acids is 2. The van der Waals surface area contributed by atoms with Gasteiger partial charge in [0.1, 0.15) is 0 Å². The second-order valence-electron chi connectivity index (χ2n) is 8.77. The topological polar surface area (TPSA) is 74.6 Å². The minimum Gasteiger partial charge on any atom is -0.481 e. The van der Waals surface area contributed by atoms with E-state index in [1.165, 1.54) is 0 Å². The SMILES string of the molecule is CCCCCCc1cccc(C(CC(C)C)C(=O)O)c1C(CC(C)C)C(=O)O. The quantitative estimate of drug-likeness (QED) is 0.391. The number of carbonyl (C=O) groups is 2. The molecule has 0 bridgehead atoms. The van der Waals surface area contributed by atoms with Gasteiger partial charge in [0.2, 0.25) is 0 Å². The number of hydrogen-bond acceptors (Lipinski definition) is 2. The summed E-state index contributed by atoms with van der Waals surface area (Å²) in [5.41, 5.74) is 2.46. The molecule has 0 heterocycles. The fourth-order valence-electron chi connectivity index (χ4n) is 3.97. The lowest BCUT2D eigenvalue weighted by atomic mass is 9.78. The summed E-state index contributed by atoms with van der Waals surface area (Å²) in [5, 5.41) is 19.9. The number of rotatable bonds is 13. The third-order valence-corrected chi connectivity index (χ3v) is 5.26. The average molecular weight is 391 g/mol. The lowest BCUT2D eigenvalue weighted by molar-refractivity contribution is -0.140. The van der Waals surface area contributed by atoms with Gasteiger partial charge in [0.05, 0.1) is 11.8 Å². The summed E-state index contributed by atoms with van der Waals surface area (Å²) in [7, 11) is 0. The van der Waals surface area contributed by atoms with Crippen LogP contribution in [0.15, 0.2) is 18.2 Å². The molecule has 2 unspecified atom stereocenters. The minimum absolute atomic E-state index is 0.218. The zero-order chi connectivity index (χ0) is 21.3. The van der Waals surface area contributed by atoms with E-state index in [4.69, 9.17) is 0 Å². The van der Waals surface area contributed by atoms with Crippen molar-refractivity contribution in [2.75, 3.05) is 0 Å². The molecule has 0 saturated carbocycles. The van der Waals surface area contributed by atoms with Gasteiger partial charge >= 0.3 is 11.9 Å². The fourth-order valence-corrected chi connectivity index (χ4v) is 3.97. The summed E-state index contributed by atoms with van der Waals surface area (Å²) in [5.74, 6) is -2.62. The van der Waals surface area contributed by atoms with Crippen molar-refractivity contribution in [3.8, 4) is 0 Å². The Morgan fingerprint density at radius 2 is 1.43 bits per heavy atom. The van der Waals surface area contributed by atoms with Crippen molar-refractivity contribution < 1.29 is 19.8 Å². The van der Waals surface area contributed by atoms with E-state index < -0.39 is 23.8 Å². The van der Waals surface area contributed by atoms with Gasteiger partial charge in [0.15, 0.2) is 0 Å². The van der Waals surface area contributed by atoms with E-state index in [9.17, 15) is 19.8 Å². The molecule has 0 radical (unpaired) electrons. The number of unbranched alkanes of at least 4 members (excludes halogenated alkanes) is 3. The summed E-state index contributed by atoms with van der Waals surface area (Å²) in [6.07, 6.45) is 6.25. The summed E-state index contributed by atoms with van der Waals surface area (Å²) in [6, 6.07) is 5.73. The molecule has 0 aliphatic rings. The van der Waals surface area contributed by atoms with E-state index >= 15 is 0 Å². The first-order chi connectivity index (χ1) is 13.2. The molecule has 0 amide bonds. The van der Waals surface area contributed by atoms with E-state index in [0.29, 0.717) is 18.4 Å². The number of hydrogen-bond donors (Lipinski definition) is 2. The van der Waals surface area contributed by atoms with Gasteiger partial charge in [-0.05, 0) is 54.2 Å². The maximum absolute atomic E-state index is 12.2. The molecule has 0 aliphatic carbocycles. The number of aryl methyl sites for hydroxylation is 1. The Balaban J connectivity index is 3.47. The predicted octanol–water partition coefficient (Wildman–Crippen LogP) is 6.24. The standard InChI is InChI=1S/C24H38O4/c1-6-7-8-9-11-18-12-10-13-19(20(23(25)26)14-16(2)3)22(18)21(24(27)28)15-17(4)5/h10,12-13,16-17,20-21H,6-9,11,14-15H2,1-5H3,(H,25,26)(H,27,28). The van der Waals surface area contributed by atoms with Gasteiger partial charge in [-0.25, -0.2) is 0 Å². The molecule has 1 aromatic carbocycles. The highest BCUT2D eigenvalue weighted by Gasteiger charge is 2.31. The first-order valence-electron chi connectivity index (χ1n) is 10.8. The van der Waals surface area contributed by atoms with Crippen molar-refractivity contribution in [3.05, 3.63) is 34.9 Å². The van der Waals surface area contributed by atoms with Crippen LogP contribution in [0.1, 0.15) is 102 Å². The molecule has 4 heteroatoms. The predicted molar refractivity (Wildman–Crippen MR) is 114 cm³/mol. The largest absolute Gasteiger partial charge is 0.481 e. The highest BCUT2D eigenvalue weighted by atomic mass is 16.4. The molecule has 0 aliphatic heterocycles. The number of aliphatic carboxylic acids is 2. The molecule has 158 valence electrons. The van der Waals surface area contributed by atoms with Gasteiger partial charge in [-0.2, -0.15) is 0 Å². The summed E-state index contributed by atoms with van der Waals surface area (Å²) in [4.78, 5) is 24.2. The van der Waals surface area contributed by atoms with Crippen molar-refractivity contribution in [2.24, 2.45) is 11.8 Å². The third-order valence-electron chi connectivity index (χ3n) is 5.26. The van der Waals surface area contributed by atoms with Gasteiger partial charge in [-0.3, -0.25) is 9.59 Å². The maximum atomic E-state index is 12.2. The van der Waals surface area contributed by atoms with Gasteiger partial charge in [-0.15, -0.1) is 0 Å². The molecule has 1 aromatic rings. The van der Waals surface area contributed by atoms with Crippen LogP contribution in [0, 0.1) is 11.8 Å². The normalized spacial score (nSPS) is 13.7. The van der Waals surface area contributed by atoms with Crippen LogP contribution in [0.2, 0.25) is 0 Å². The second kappa shape index (κ2) is 11.9. The molecule has 4 nitrogen and oxygen atoms in total. The molecule has 0 aromatic heterocycles. The lowest BCUT2D eigenvalue weighted by Crippen LogP contribution is -2.22.